The fourth-order valence-electron chi connectivity index (χ4n) is 1.15. The third kappa shape index (κ3) is 3.83. The molecule has 0 fully saturated rings. The molecule has 18 heavy (non-hydrogen) atoms. The van der Waals surface area contributed by atoms with E-state index in [1.54, 1.807) is 20.8 Å². The first-order valence-electron chi connectivity index (χ1n) is 5.08. The van der Waals surface area contributed by atoms with Gasteiger partial charge in [0.15, 0.2) is 0 Å². The summed E-state index contributed by atoms with van der Waals surface area (Å²) >= 11 is 4.75. The van der Waals surface area contributed by atoms with Gasteiger partial charge in [0.1, 0.15) is 16.3 Å². The van der Waals surface area contributed by atoms with Crippen molar-refractivity contribution in [3.05, 3.63) is 23.4 Å². The standard InChI is InChI=1S/C11H13F3N2OS/c1-10(2,3)17-9-6(8(15)18)4-5-7(16-9)11(12,13)14/h4-5H,1-3H3,(H2,15,18). The van der Waals surface area contributed by atoms with E-state index >= 15 is 0 Å². The van der Waals surface area contributed by atoms with E-state index in [0.29, 0.717) is 0 Å². The molecule has 0 saturated heterocycles. The molecule has 2 N–H and O–H groups in total. The Hall–Kier alpha value is -1.37. The predicted molar refractivity (Wildman–Crippen MR) is 65.5 cm³/mol. The summed E-state index contributed by atoms with van der Waals surface area (Å²) in [7, 11) is 0. The summed E-state index contributed by atoms with van der Waals surface area (Å²) in [6.45, 7) is 5.08. The summed E-state index contributed by atoms with van der Waals surface area (Å²) in [6.07, 6.45) is -4.54. The van der Waals surface area contributed by atoms with E-state index in [0.717, 1.165) is 6.07 Å². The van der Waals surface area contributed by atoms with E-state index in [9.17, 15) is 13.2 Å². The quantitative estimate of drug-likeness (QED) is 0.845. The number of hydrogen-bond donors (Lipinski definition) is 1. The van der Waals surface area contributed by atoms with Crippen molar-refractivity contribution in [3.8, 4) is 5.88 Å². The summed E-state index contributed by atoms with van der Waals surface area (Å²) in [5.41, 5.74) is 3.87. The number of aromatic nitrogens is 1. The largest absolute Gasteiger partial charge is 0.471 e. The molecule has 1 heterocycles. The SMILES string of the molecule is CC(C)(C)Oc1nc(C(F)(F)F)ccc1C(N)=S. The molecular weight excluding hydrogens is 265 g/mol. The van der Waals surface area contributed by atoms with Crippen LogP contribution in [-0.4, -0.2) is 15.6 Å². The van der Waals surface area contributed by atoms with Crippen LogP contribution >= 0.6 is 12.2 Å². The van der Waals surface area contributed by atoms with E-state index < -0.39 is 17.5 Å². The molecule has 1 aromatic rings. The fourth-order valence-corrected chi connectivity index (χ4v) is 1.31. The molecule has 7 heteroatoms. The Morgan fingerprint density at radius 2 is 1.83 bits per heavy atom. The van der Waals surface area contributed by atoms with Gasteiger partial charge >= 0.3 is 6.18 Å². The molecule has 0 unspecified atom stereocenters. The van der Waals surface area contributed by atoms with Gasteiger partial charge in [0.25, 0.3) is 0 Å². The van der Waals surface area contributed by atoms with Crippen LogP contribution in [0.4, 0.5) is 13.2 Å². The molecule has 100 valence electrons. The van der Waals surface area contributed by atoms with Crippen molar-refractivity contribution in [2.75, 3.05) is 0 Å². The fraction of sp³-hybridized carbons (Fsp3) is 0.455. The van der Waals surface area contributed by atoms with E-state index in [1.807, 2.05) is 0 Å². The summed E-state index contributed by atoms with van der Waals surface area (Å²) in [5, 5.41) is 0. The Balaban J connectivity index is 3.29. The molecule has 3 nitrogen and oxygen atoms in total. The number of nitrogens with two attached hydrogens (primary N) is 1. The minimum atomic E-state index is -4.54. The van der Waals surface area contributed by atoms with E-state index in [2.05, 4.69) is 4.98 Å². The maximum absolute atomic E-state index is 12.6. The van der Waals surface area contributed by atoms with E-state index in [1.165, 1.54) is 6.07 Å². The van der Waals surface area contributed by atoms with Gasteiger partial charge in [-0.3, -0.25) is 0 Å². The molecule has 1 rings (SSSR count). The highest BCUT2D eigenvalue weighted by Crippen LogP contribution is 2.31. The van der Waals surface area contributed by atoms with Crippen molar-refractivity contribution in [1.29, 1.82) is 0 Å². The molecule has 0 atom stereocenters. The van der Waals surface area contributed by atoms with Crippen molar-refractivity contribution in [2.45, 2.75) is 32.5 Å². The number of ether oxygens (including phenoxy) is 1. The van der Waals surface area contributed by atoms with Crippen molar-refractivity contribution in [1.82, 2.24) is 4.98 Å². The molecule has 0 aliphatic rings. The Morgan fingerprint density at radius 1 is 1.28 bits per heavy atom. The zero-order valence-electron chi connectivity index (χ0n) is 10.1. The normalized spacial score (nSPS) is 12.3. The molecule has 0 radical (unpaired) electrons. The van der Waals surface area contributed by atoms with Crippen LogP contribution in [0.1, 0.15) is 32.0 Å². The van der Waals surface area contributed by atoms with Crippen molar-refractivity contribution in [3.63, 3.8) is 0 Å². The predicted octanol–water partition coefficient (Wildman–Crippen LogP) is 2.91. The second kappa shape index (κ2) is 4.72. The zero-order chi connectivity index (χ0) is 14.1. The van der Waals surface area contributed by atoms with Crippen LogP contribution in [0.3, 0.4) is 0 Å². The van der Waals surface area contributed by atoms with Crippen molar-refractivity contribution in [2.24, 2.45) is 5.73 Å². The number of nitrogens with zero attached hydrogens (tertiary/aromatic N) is 1. The first-order valence-corrected chi connectivity index (χ1v) is 5.48. The number of hydrogen-bond acceptors (Lipinski definition) is 3. The summed E-state index contributed by atoms with van der Waals surface area (Å²) in [6, 6.07) is 1.99. The van der Waals surface area contributed by atoms with Crippen LogP contribution in [0.5, 0.6) is 5.88 Å². The number of alkyl halides is 3. The topological polar surface area (TPSA) is 48.1 Å². The first-order chi connectivity index (χ1) is 8.00. The Kier molecular flexibility index (Phi) is 3.85. The lowest BCUT2D eigenvalue weighted by Crippen LogP contribution is -2.26. The molecule has 0 saturated carbocycles. The van der Waals surface area contributed by atoms with Crippen molar-refractivity contribution < 1.29 is 17.9 Å². The monoisotopic (exact) mass is 278 g/mol. The smallest absolute Gasteiger partial charge is 0.433 e. The highest BCUT2D eigenvalue weighted by molar-refractivity contribution is 7.80. The molecule has 0 aliphatic carbocycles. The lowest BCUT2D eigenvalue weighted by Gasteiger charge is -2.22. The molecule has 0 aromatic carbocycles. The maximum atomic E-state index is 12.6. The Morgan fingerprint density at radius 3 is 2.22 bits per heavy atom. The van der Waals surface area contributed by atoms with Crippen LogP contribution in [0.25, 0.3) is 0 Å². The molecule has 0 bridgehead atoms. The van der Waals surface area contributed by atoms with Gasteiger partial charge in [-0.05, 0) is 32.9 Å². The van der Waals surface area contributed by atoms with Gasteiger partial charge in [-0.2, -0.15) is 13.2 Å². The van der Waals surface area contributed by atoms with Gasteiger partial charge in [-0.15, -0.1) is 0 Å². The molecule has 0 aliphatic heterocycles. The summed E-state index contributed by atoms with van der Waals surface area (Å²) in [5.74, 6) is -0.204. The first kappa shape index (κ1) is 14.7. The van der Waals surface area contributed by atoms with Crippen LogP contribution in [0.2, 0.25) is 0 Å². The van der Waals surface area contributed by atoms with Gasteiger partial charge in [0, 0.05) is 0 Å². The summed E-state index contributed by atoms with van der Waals surface area (Å²) < 4.78 is 43.0. The third-order valence-electron chi connectivity index (χ3n) is 1.82. The average Bonchev–Trinajstić information content (AvgIpc) is 2.12. The van der Waals surface area contributed by atoms with Gasteiger partial charge in [-0.1, -0.05) is 12.2 Å². The van der Waals surface area contributed by atoms with Gasteiger partial charge in [-0.25, -0.2) is 4.98 Å². The van der Waals surface area contributed by atoms with E-state index in [4.69, 9.17) is 22.7 Å². The lowest BCUT2D eigenvalue weighted by molar-refractivity contribution is -0.141. The maximum Gasteiger partial charge on any atom is 0.433 e. The Bertz CT molecular complexity index is 466. The van der Waals surface area contributed by atoms with Gasteiger partial charge < -0.3 is 10.5 Å². The van der Waals surface area contributed by atoms with Crippen molar-refractivity contribution >= 4 is 17.2 Å². The highest BCUT2D eigenvalue weighted by atomic mass is 32.1. The molecular formula is C11H13F3N2OS. The van der Waals surface area contributed by atoms with Gasteiger partial charge in [0.05, 0.1) is 5.56 Å². The summed E-state index contributed by atoms with van der Waals surface area (Å²) in [4.78, 5) is 3.38. The van der Waals surface area contributed by atoms with Crippen LogP contribution in [0.15, 0.2) is 12.1 Å². The second-order valence-corrected chi connectivity index (χ2v) is 5.07. The molecule has 0 spiro atoms. The second-order valence-electron chi connectivity index (χ2n) is 4.63. The molecule has 1 aromatic heterocycles. The number of halogens is 3. The van der Waals surface area contributed by atoms with Crippen LogP contribution in [-0.2, 0) is 6.18 Å². The van der Waals surface area contributed by atoms with Crippen LogP contribution < -0.4 is 10.5 Å². The minimum absolute atomic E-state index is 0.0597. The Labute approximate surface area is 108 Å². The van der Waals surface area contributed by atoms with Gasteiger partial charge in [0.2, 0.25) is 5.88 Å². The minimum Gasteiger partial charge on any atom is -0.471 e. The molecule has 0 amide bonds. The van der Waals surface area contributed by atoms with E-state index in [-0.39, 0.29) is 16.4 Å². The highest BCUT2D eigenvalue weighted by Gasteiger charge is 2.34. The number of pyridine rings is 1. The third-order valence-corrected chi connectivity index (χ3v) is 2.04. The number of thiocarbonyl (C=S) groups is 1. The van der Waals surface area contributed by atoms with Crippen LogP contribution in [0, 0.1) is 0 Å². The lowest BCUT2D eigenvalue weighted by atomic mass is 10.2. The average molecular weight is 278 g/mol. The zero-order valence-corrected chi connectivity index (χ0v) is 10.9. The number of rotatable bonds is 2.